The zero-order valence-corrected chi connectivity index (χ0v) is 9.01. The van der Waals surface area contributed by atoms with Crippen LogP contribution in [0.4, 0.5) is 0 Å². The Labute approximate surface area is 95.5 Å². The molecule has 0 aliphatic rings. The first-order valence-corrected chi connectivity index (χ1v) is 4.72. The average molecular weight is 239 g/mol. The molecule has 2 heterocycles. The summed E-state index contributed by atoms with van der Waals surface area (Å²) in [5, 5.41) is 17.1. The number of carboxylic acid groups (broad SMARTS) is 1. The highest BCUT2D eigenvalue weighted by molar-refractivity contribution is 6.30. The maximum Gasteiger partial charge on any atom is 0.358 e. The van der Waals surface area contributed by atoms with Crippen LogP contribution in [0.15, 0.2) is 18.3 Å². The molecule has 0 radical (unpaired) electrons. The first-order valence-electron chi connectivity index (χ1n) is 4.34. The monoisotopic (exact) mass is 238 g/mol. The summed E-state index contributed by atoms with van der Waals surface area (Å²) in [4.78, 5) is 16.1. The Morgan fingerprint density at radius 3 is 2.75 bits per heavy atom. The van der Waals surface area contributed by atoms with Crippen LogP contribution in [0.1, 0.15) is 10.5 Å². The van der Waals surface area contributed by atoms with Crippen molar-refractivity contribution < 1.29 is 9.90 Å². The SMILES string of the molecule is Cn1nc(C(=O)O)c(-c2ccc(Cl)cn2)n1. The van der Waals surface area contributed by atoms with Crippen LogP contribution in [0.5, 0.6) is 0 Å². The van der Waals surface area contributed by atoms with Crippen LogP contribution in [0, 0.1) is 0 Å². The lowest BCUT2D eigenvalue weighted by atomic mass is 10.2. The summed E-state index contributed by atoms with van der Waals surface area (Å²) in [5.74, 6) is -1.14. The average Bonchev–Trinajstić information content (AvgIpc) is 2.61. The molecule has 0 spiro atoms. The Balaban J connectivity index is 2.55. The smallest absolute Gasteiger partial charge is 0.358 e. The number of hydrogen-bond acceptors (Lipinski definition) is 4. The molecule has 0 aromatic carbocycles. The van der Waals surface area contributed by atoms with E-state index in [0.717, 1.165) is 0 Å². The number of pyridine rings is 1. The van der Waals surface area contributed by atoms with Crippen molar-refractivity contribution >= 4 is 17.6 Å². The molecule has 2 aromatic heterocycles. The summed E-state index contributed by atoms with van der Waals surface area (Å²) < 4.78 is 0. The molecule has 6 nitrogen and oxygen atoms in total. The third-order valence-electron chi connectivity index (χ3n) is 1.89. The molecule has 0 saturated carbocycles. The van der Waals surface area contributed by atoms with Crippen molar-refractivity contribution in [1.29, 1.82) is 0 Å². The van der Waals surface area contributed by atoms with E-state index in [0.29, 0.717) is 10.7 Å². The van der Waals surface area contributed by atoms with Crippen molar-refractivity contribution in [2.45, 2.75) is 0 Å². The molecule has 0 amide bonds. The minimum Gasteiger partial charge on any atom is -0.476 e. The maximum atomic E-state index is 10.9. The zero-order valence-electron chi connectivity index (χ0n) is 8.25. The number of carboxylic acids is 1. The van der Waals surface area contributed by atoms with E-state index < -0.39 is 5.97 Å². The van der Waals surface area contributed by atoms with Gasteiger partial charge in [0.15, 0.2) is 5.69 Å². The van der Waals surface area contributed by atoms with E-state index in [4.69, 9.17) is 16.7 Å². The number of aryl methyl sites for hydroxylation is 1. The molecule has 0 saturated heterocycles. The van der Waals surface area contributed by atoms with E-state index in [-0.39, 0.29) is 11.4 Å². The second-order valence-electron chi connectivity index (χ2n) is 3.05. The van der Waals surface area contributed by atoms with Gasteiger partial charge >= 0.3 is 5.97 Å². The maximum absolute atomic E-state index is 10.9. The lowest BCUT2D eigenvalue weighted by Crippen LogP contribution is -2.00. The van der Waals surface area contributed by atoms with Gasteiger partial charge in [-0.15, -0.1) is 5.10 Å². The predicted molar refractivity (Wildman–Crippen MR) is 56.2 cm³/mol. The van der Waals surface area contributed by atoms with Crippen molar-refractivity contribution in [3.05, 3.63) is 29.0 Å². The van der Waals surface area contributed by atoms with Crippen LogP contribution in [-0.4, -0.2) is 31.1 Å². The molecule has 0 bridgehead atoms. The number of aromatic nitrogens is 4. The minimum absolute atomic E-state index is 0.127. The largest absolute Gasteiger partial charge is 0.476 e. The lowest BCUT2D eigenvalue weighted by molar-refractivity contribution is 0.0690. The third kappa shape index (κ3) is 1.87. The molecule has 82 valence electrons. The van der Waals surface area contributed by atoms with Crippen LogP contribution < -0.4 is 0 Å². The second kappa shape index (κ2) is 3.90. The van der Waals surface area contributed by atoms with Crippen LogP contribution in [0.2, 0.25) is 5.02 Å². The van der Waals surface area contributed by atoms with Gasteiger partial charge in [0.05, 0.1) is 10.7 Å². The molecule has 7 heteroatoms. The van der Waals surface area contributed by atoms with Crippen LogP contribution in [-0.2, 0) is 7.05 Å². The van der Waals surface area contributed by atoms with Gasteiger partial charge in [0.2, 0.25) is 0 Å². The summed E-state index contributed by atoms with van der Waals surface area (Å²) in [5.41, 5.74) is 0.527. The fourth-order valence-electron chi connectivity index (χ4n) is 1.24. The van der Waals surface area contributed by atoms with E-state index in [9.17, 15) is 4.79 Å². The quantitative estimate of drug-likeness (QED) is 0.851. The van der Waals surface area contributed by atoms with Crippen LogP contribution in [0.25, 0.3) is 11.4 Å². The van der Waals surface area contributed by atoms with Crippen molar-refractivity contribution in [2.24, 2.45) is 7.05 Å². The van der Waals surface area contributed by atoms with Crippen LogP contribution >= 0.6 is 11.6 Å². The fraction of sp³-hybridized carbons (Fsp3) is 0.111. The number of rotatable bonds is 2. The van der Waals surface area contributed by atoms with Gasteiger partial charge in [-0.05, 0) is 12.1 Å². The molecular weight excluding hydrogens is 232 g/mol. The highest BCUT2D eigenvalue weighted by Crippen LogP contribution is 2.19. The van der Waals surface area contributed by atoms with Gasteiger partial charge in [-0.1, -0.05) is 11.6 Å². The lowest BCUT2D eigenvalue weighted by Gasteiger charge is -1.96. The van der Waals surface area contributed by atoms with Gasteiger partial charge in [0, 0.05) is 13.2 Å². The first-order chi connectivity index (χ1) is 7.58. The molecular formula is C9H7ClN4O2. The number of aromatic carboxylic acids is 1. The molecule has 16 heavy (non-hydrogen) atoms. The van der Waals surface area contributed by atoms with Gasteiger partial charge in [-0.2, -0.15) is 9.90 Å². The number of nitrogens with zero attached hydrogens (tertiary/aromatic N) is 4. The van der Waals surface area contributed by atoms with Gasteiger partial charge in [-0.3, -0.25) is 4.98 Å². The Kier molecular flexibility index (Phi) is 2.57. The summed E-state index contributed by atoms with van der Waals surface area (Å²) in [6.07, 6.45) is 1.43. The van der Waals surface area contributed by atoms with E-state index >= 15 is 0 Å². The first kappa shape index (κ1) is 10.6. The molecule has 2 rings (SSSR count). The minimum atomic E-state index is -1.14. The third-order valence-corrected chi connectivity index (χ3v) is 2.11. The van der Waals surface area contributed by atoms with Crippen molar-refractivity contribution in [3.8, 4) is 11.4 Å². The van der Waals surface area contributed by atoms with Crippen LogP contribution in [0.3, 0.4) is 0 Å². The Morgan fingerprint density at radius 2 is 2.19 bits per heavy atom. The van der Waals surface area contributed by atoms with Gasteiger partial charge in [0.25, 0.3) is 0 Å². The molecule has 0 unspecified atom stereocenters. The Morgan fingerprint density at radius 1 is 1.44 bits per heavy atom. The number of carbonyl (C=O) groups is 1. The Hall–Kier alpha value is -1.95. The topological polar surface area (TPSA) is 80.9 Å². The number of halogens is 1. The summed E-state index contributed by atoms with van der Waals surface area (Å²) in [7, 11) is 1.55. The highest BCUT2D eigenvalue weighted by atomic mass is 35.5. The van der Waals surface area contributed by atoms with E-state index in [1.807, 2.05) is 0 Å². The summed E-state index contributed by atoms with van der Waals surface area (Å²) in [6.45, 7) is 0. The van der Waals surface area contributed by atoms with E-state index in [1.165, 1.54) is 11.0 Å². The number of hydrogen-bond donors (Lipinski definition) is 1. The summed E-state index contributed by atoms with van der Waals surface area (Å²) in [6, 6.07) is 3.21. The van der Waals surface area contributed by atoms with Gasteiger partial charge < -0.3 is 5.11 Å². The Bertz CT molecular complexity index is 535. The van der Waals surface area contributed by atoms with Crippen molar-refractivity contribution in [3.63, 3.8) is 0 Å². The molecule has 0 aliphatic carbocycles. The van der Waals surface area contributed by atoms with E-state index in [1.54, 1.807) is 19.2 Å². The molecule has 0 aliphatic heterocycles. The van der Waals surface area contributed by atoms with Crippen molar-refractivity contribution in [2.75, 3.05) is 0 Å². The fourth-order valence-corrected chi connectivity index (χ4v) is 1.35. The van der Waals surface area contributed by atoms with E-state index in [2.05, 4.69) is 15.2 Å². The normalized spacial score (nSPS) is 10.4. The molecule has 1 N–H and O–H groups in total. The standard InChI is InChI=1S/C9H7ClN4O2/c1-14-12-7(8(13-14)9(15)16)6-3-2-5(10)4-11-6/h2-4H,1H3,(H,15,16). The van der Waals surface area contributed by atoms with Gasteiger partial charge in [-0.25, -0.2) is 4.79 Å². The summed E-state index contributed by atoms with van der Waals surface area (Å²) >= 11 is 5.69. The molecule has 0 fully saturated rings. The predicted octanol–water partition coefficient (Wildman–Crippen LogP) is 1.23. The zero-order chi connectivity index (χ0) is 11.7. The molecule has 0 atom stereocenters. The molecule has 2 aromatic rings. The highest BCUT2D eigenvalue weighted by Gasteiger charge is 2.18. The van der Waals surface area contributed by atoms with Crippen molar-refractivity contribution in [1.82, 2.24) is 20.0 Å². The van der Waals surface area contributed by atoms with Gasteiger partial charge in [0.1, 0.15) is 5.69 Å². The second-order valence-corrected chi connectivity index (χ2v) is 3.49.